The van der Waals surface area contributed by atoms with Crippen LogP contribution in [0, 0.1) is 11.8 Å². The van der Waals surface area contributed by atoms with Gasteiger partial charge in [0.2, 0.25) is 27.7 Å². The monoisotopic (exact) mass is 1110 g/mol. The molecule has 23 heteroatoms. The number of hydrazine groups is 2. The van der Waals surface area contributed by atoms with Crippen molar-refractivity contribution in [2.24, 2.45) is 11.8 Å². The van der Waals surface area contributed by atoms with Gasteiger partial charge in [0.1, 0.15) is 36.3 Å². The maximum absolute atomic E-state index is 13.3. The fraction of sp³-hybridized carbons (Fsp3) is 0.473. The van der Waals surface area contributed by atoms with E-state index in [2.05, 4.69) is 52.1 Å². The SMILES string of the molecule is C=S1(=O)C/C=C/c2cc3cc(ccc3cn2)[C@@H](C)NC(=O)[C@@H]2CCCN(N2)C(=O)[C@H](C)NC(=O)[C@H](C(C)C)N1.CC(C)[C@@H]1NS(=O)(=O)C/C=C/c2cc3cc(ccc3cn2)[C@@H](C)OC(=O)[C@@H]2CCCN(N2)C(=O)[C@H](C)NC1=O. The number of fused-ring (bicyclic) bond motifs is 8. The Bertz CT molecular complexity index is 2990. The number of pyridine rings is 2. The zero-order valence-electron chi connectivity index (χ0n) is 45.4. The number of ether oxygens (including phenoxy) is 1. The molecule has 4 aliphatic heterocycles. The average molecular weight is 1110 g/mol. The van der Waals surface area contributed by atoms with Crippen LogP contribution in [0.2, 0.25) is 0 Å². The number of sulfonamides is 1. The van der Waals surface area contributed by atoms with Crippen molar-refractivity contribution in [2.45, 2.75) is 129 Å². The predicted molar refractivity (Wildman–Crippen MR) is 301 cm³/mol. The Hall–Kier alpha value is -6.63. The molecule has 4 aliphatic rings. The van der Waals surface area contributed by atoms with E-state index in [0.29, 0.717) is 50.2 Å². The van der Waals surface area contributed by atoms with Gasteiger partial charge >= 0.3 is 5.97 Å². The highest BCUT2D eigenvalue weighted by Crippen LogP contribution is 2.26. The molecule has 420 valence electrons. The summed E-state index contributed by atoms with van der Waals surface area (Å²) < 4.78 is 50.0. The van der Waals surface area contributed by atoms with E-state index < -0.39 is 85.8 Å². The van der Waals surface area contributed by atoms with Crippen LogP contribution < -0.4 is 36.2 Å². The van der Waals surface area contributed by atoms with Gasteiger partial charge in [-0.05, 0) is 129 Å². The summed E-state index contributed by atoms with van der Waals surface area (Å²) >= 11 is 0. The number of rotatable bonds is 2. The number of carbonyl (C=O) groups is 6. The molecule has 78 heavy (non-hydrogen) atoms. The van der Waals surface area contributed by atoms with Gasteiger partial charge in [0.15, 0.2) is 0 Å². The minimum atomic E-state index is -3.87. The lowest BCUT2D eigenvalue weighted by Gasteiger charge is -2.35. The highest BCUT2D eigenvalue weighted by atomic mass is 32.2. The molecule has 4 aromatic rings. The Labute approximate surface area is 456 Å². The van der Waals surface area contributed by atoms with Gasteiger partial charge in [0, 0.05) is 51.7 Å². The second-order valence-electron chi connectivity index (χ2n) is 21.1. The summed E-state index contributed by atoms with van der Waals surface area (Å²) in [7, 11) is -6.73. The van der Waals surface area contributed by atoms with E-state index in [-0.39, 0.29) is 41.2 Å². The minimum Gasteiger partial charge on any atom is -0.457 e. The maximum atomic E-state index is 13.3. The zero-order valence-corrected chi connectivity index (χ0v) is 47.0. The van der Waals surface area contributed by atoms with Crippen LogP contribution in [0.25, 0.3) is 33.7 Å². The molecule has 2 aromatic carbocycles. The van der Waals surface area contributed by atoms with E-state index in [9.17, 15) is 41.4 Å². The number of aromatic nitrogens is 2. The molecule has 2 saturated heterocycles. The third-order valence-electron chi connectivity index (χ3n) is 13.9. The summed E-state index contributed by atoms with van der Waals surface area (Å²) in [5.74, 6) is 0.474. The standard InChI is InChI=1S/C28H38N6O4S.C27H35N5O6S/c1-17(2)25-27(36)31-19(4)28(37)34-12-6-9-24(32-34)26(35)30-18(3)20-10-11-21-16-29-23(15-22(21)14-20)8-7-13-39(5,38)33-25;1-16(2)24-25(33)29-17(3)26(34)32-11-5-8-23(30-32)27(35)38-18(4)19-9-10-20-15-28-22(14-21(20)13-19)7-6-12-39(36,37)31-24/h7-8,10-11,14-19,24-25,32H,5-6,9,12-13H2,1-4H3,(H,30,35)(H,31,36)(H,33,38);6-7,9-10,13-18,23-24,30-31H,5,8,11-12H2,1-4H3,(H,29,33)/b8-7+;7-6+/t18-,19+,24+,25+,39?;17-,18+,23-,24-/m10/s1. The predicted octanol–water partition coefficient (Wildman–Crippen LogP) is 3.49. The number of hydrogen-bond acceptors (Lipinski definition) is 14. The Morgan fingerprint density at radius 3 is 1.62 bits per heavy atom. The number of carbonyl (C=O) groups excluding carboxylic acids is 6. The van der Waals surface area contributed by atoms with Crippen molar-refractivity contribution in [3.05, 3.63) is 95.6 Å². The number of esters is 1. The summed E-state index contributed by atoms with van der Waals surface area (Å²) in [5, 5.41) is 14.8. The average Bonchev–Trinajstić information content (AvgIpc) is 3.42. The van der Waals surface area contributed by atoms with Crippen molar-refractivity contribution in [3.8, 4) is 0 Å². The minimum absolute atomic E-state index is 0.0971. The number of amides is 5. The van der Waals surface area contributed by atoms with E-state index in [1.54, 1.807) is 58.3 Å². The largest absolute Gasteiger partial charge is 0.457 e. The van der Waals surface area contributed by atoms with Crippen LogP contribution in [-0.4, -0.2) is 135 Å². The van der Waals surface area contributed by atoms with Crippen LogP contribution in [0.15, 0.2) is 73.1 Å². The van der Waals surface area contributed by atoms with E-state index >= 15 is 0 Å². The van der Waals surface area contributed by atoms with Crippen molar-refractivity contribution in [2.75, 3.05) is 24.6 Å². The van der Waals surface area contributed by atoms with Crippen LogP contribution >= 0.6 is 0 Å². The first-order valence-corrected chi connectivity index (χ1v) is 29.9. The number of cyclic esters (lactones) is 1. The molecule has 21 nitrogen and oxygen atoms in total. The molecule has 2 fully saturated rings. The molecule has 7 N–H and O–H groups in total. The topological polar surface area (TPSA) is 279 Å². The molecule has 6 heterocycles. The van der Waals surface area contributed by atoms with Gasteiger partial charge in [-0.1, -0.05) is 64.1 Å². The lowest BCUT2D eigenvalue weighted by molar-refractivity contribution is -0.157. The Balaban J connectivity index is 0.000000226. The van der Waals surface area contributed by atoms with Crippen molar-refractivity contribution in [1.82, 2.24) is 56.2 Å². The van der Waals surface area contributed by atoms with Gasteiger partial charge in [-0.2, -0.15) is 0 Å². The van der Waals surface area contributed by atoms with E-state index in [4.69, 9.17) is 4.74 Å². The van der Waals surface area contributed by atoms with Gasteiger partial charge < -0.3 is 20.7 Å². The normalized spacial score (nSPS) is 28.9. The first-order valence-electron chi connectivity index (χ1n) is 26.4. The van der Waals surface area contributed by atoms with E-state index in [1.807, 2.05) is 69.3 Å². The third kappa shape index (κ3) is 15.3. The Morgan fingerprint density at radius 1 is 0.590 bits per heavy atom. The van der Waals surface area contributed by atoms with Gasteiger partial charge in [-0.25, -0.2) is 28.7 Å². The molecule has 9 atom stereocenters. The van der Waals surface area contributed by atoms with Crippen molar-refractivity contribution in [3.63, 3.8) is 0 Å². The second kappa shape index (κ2) is 25.4. The summed E-state index contributed by atoms with van der Waals surface area (Å²) in [6.07, 6.45) is 11.8. The lowest BCUT2D eigenvalue weighted by Crippen LogP contribution is -2.62. The highest BCUT2D eigenvalue weighted by molar-refractivity contribution is 7.98. The number of nitrogens with zero attached hydrogens (tertiary/aromatic N) is 4. The summed E-state index contributed by atoms with van der Waals surface area (Å²) in [4.78, 5) is 87.4. The van der Waals surface area contributed by atoms with Crippen LogP contribution in [0.5, 0.6) is 0 Å². The Kier molecular flexibility index (Phi) is 19.3. The molecule has 0 spiro atoms. The quantitative estimate of drug-likeness (QED) is 0.112. The fourth-order valence-corrected chi connectivity index (χ4v) is 11.9. The van der Waals surface area contributed by atoms with Crippen LogP contribution in [0.4, 0.5) is 0 Å². The molecular formula is C55H73N11O10S2. The van der Waals surface area contributed by atoms with Gasteiger partial charge in [-0.3, -0.25) is 53.0 Å². The smallest absolute Gasteiger partial charge is 0.325 e. The molecular weight excluding hydrogens is 1040 g/mol. The molecule has 0 radical (unpaired) electrons. The molecule has 8 rings (SSSR count). The first-order chi connectivity index (χ1) is 36.9. The van der Waals surface area contributed by atoms with Crippen molar-refractivity contribution >= 4 is 94.8 Å². The zero-order chi connectivity index (χ0) is 56.6. The van der Waals surface area contributed by atoms with Crippen LogP contribution in [0.1, 0.15) is 116 Å². The van der Waals surface area contributed by atoms with Gasteiger partial charge in [0.05, 0.1) is 29.2 Å². The first kappa shape index (κ1) is 59.0. The van der Waals surface area contributed by atoms with Crippen molar-refractivity contribution < 1.29 is 46.1 Å². The highest BCUT2D eigenvalue weighted by Gasteiger charge is 2.36. The number of nitrogens with one attached hydrogen (secondary N) is 7. The fourth-order valence-electron chi connectivity index (χ4n) is 9.35. The molecule has 5 amide bonds. The molecule has 2 aromatic heterocycles. The summed E-state index contributed by atoms with van der Waals surface area (Å²) in [6.45, 7) is 14.7. The van der Waals surface area contributed by atoms with Crippen LogP contribution in [0.3, 0.4) is 0 Å². The van der Waals surface area contributed by atoms with E-state index in [0.717, 1.165) is 32.7 Å². The number of hydrogen-bond donors (Lipinski definition) is 7. The maximum Gasteiger partial charge on any atom is 0.325 e. The van der Waals surface area contributed by atoms with Gasteiger partial charge in [-0.15, -0.1) is 0 Å². The molecule has 0 aliphatic carbocycles. The third-order valence-corrected chi connectivity index (χ3v) is 16.6. The van der Waals surface area contributed by atoms with Crippen LogP contribution in [-0.2, 0) is 53.2 Å². The molecule has 0 saturated carbocycles. The molecule has 10 bridgehead atoms. The van der Waals surface area contributed by atoms with Gasteiger partial charge in [0.25, 0.3) is 11.8 Å². The second-order valence-corrected chi connectivity index (χ2v) is 25.1. The number of benzene rings is 2. The molecule has 1 unspecified atom stereocenters. The Morgan fingerprint density at radius 2 is 1.06 bits per heavy atom. The van der Waals surface area contributed by atoms with Crippen molar-refractivity contribution in [1.29, 1.82) is 0 Å². The van der Waals surface area contributed by atoms with E-state index in [1.165, 1.54) is 23.0 Å². The summed E-state index contributed by atoms with van der Waals surface area (Å²) in [6, 6.07) is 10.1. The lowest BCUT2D eigenvalue weighted by atomic mass is 10.0. The summed E-state index contributed by atoms with van der Waals surface area (Å²) in [5.41, 5.74) is 8.95.